The molecule has 1 saturated carbocycles. The summed E-state index contributed by atoms with van der Waals surface area (Å²) in [5.74, 6) is 1.31. The Hall–Kier alpha value is -1.14. The molecule has 4 rings (SSSR count). The summed E-state index contributed by atoms with van der Waals surface area (Å²) < 4.78 is 5.51. The maximum absolute atomic E-state index is 12.7. The largest absolute Gasteiger partial charge is 0.381 e. The van der Waals surface area contributed by atoms with Crippen molar-refractivity contribution < 1.29 is 14.3 Å². The van der Waals surface area contributed by atoms with Crippen LogP contribution in [0, 0.1) is 17.3 Å². The molecule has 1 aliphatic carbocycles. The summed E-state index contributed by atoms with van der Waals surface area (Å²) in [6.45, 7) is 10.2. The maximum Gasteiger partial charge on any atom is 0.226 e. The second-order valence-corrected chi connectivity index (χ2v) is 8.71. The second-order valence-electron chi connectivity index (χ2n) is 8.71. The molecule has 6 nitrogen and oxygen atoms in total. The summed E-state index contributed by atoms with van der Waals surface area (Å²) in [7, 11) is 0. The van der Waals surface area contributed by atoms with Crippen molar-refractivity contribution in [3.05, 3.63) is 0 Å². The van der Waals surface area contributed by atoms with Crippen LogP contribution >= 0.6 is 0 Å². The van der Waals surface area contributed by atoms with Crippen molar-refractivity contribution in [1.82, 2.24) is 14.7 Å². The van der Waals surface area contributed by atoms with Crippen LogP contribution in [-0.2, 0) is 14.3 Å². The van der Waals surface area contributed by atoms with E-state index in [1.165, 1.54) is 0 Å². The van der Waals surface area contributed by atoms with Gasteiger partial charge in [0.25, 0.3) is 0 Å². The average Bonchev–Trinajstić information content (AvgIpc) is 3.18. The van der Waals surface area contributed by atoms with Crippen LogP contribution in [0.25, 0.3) is 0 Å². The third-order valence-electron chi connectivity index (χ3n) is 7.18. The van der Waals surface area contributed by atoms with E-state index in [9.17, 15) is 9.59 Å². The Balaban J connectivity index is 1.19. The summed E-state index contributed by atoms with van der Waals surface area (Å²) in [5, 5.41) is 0. The van der Waals surface area contributed by atoms with Crippen LogP contribution in [0.2, 0.25) is 0 Å². The first-order chi connectivity index (χ1) is 12.6. The lowest BCUT2D eigenvalue weighted by molar-refractivity contribution is -0.136. The van der Waals surface area contributed by atoms with E-state index in [0.717, 1.165) is 84.7 Å². The smallest absolute Gasteiger partial charge is 0.226 e. The number of carbonyl (C=O) groups excluding carboxylic acids is 2. The minimum atomic E-state index is 0.185. The first-order valence-electron chi connectivity index (χ1n) is 10.5. The molecule has 0 aromatic heterocycles. The molecule has 26 heavy (non-hydrogen) atoms. The quantitative estimate of drug-likeness (QED) is 0.753. The van der Waals surface area contributed by atoms with Crippen molar-refractivity contribution in [1.29, 1.82) is 0 Å². The Bertz CT molecular complexity index is 530. The Labute approximate surface area is 156 Å². The highest BCUT2D eigenvalue weighted by Crippen LogP contribution is 2.58. The van der Waals surface area contributed by atoms with Gasteiger partial charge in [-0.1, -0.05) is 6.92 Å². The van der Waals surface area contributed by atoms with E-state index < -0.39 is 0 Å². The predicted octanol–water partition coefficient (Wildman–Crippen LogP) is 1.21. The van der Waals surface area contributed by atoms with Gasteiger partial charge in [-0.05, 0) is 38.1 Å². The molecule has 2 unspecified atom stereocenters. The van der Waals surface area contributed by atoms with Crippen LogP contribution < -0.4 is 0 Å². The number of hydrogen-bond donors (Lipinski definition) is 0. The maximum atomic E-state index is 12.7. The van der Waals surface area contributed by atoms with E-state index in [2.05, 4.69) is 16.7 Å². The predicted molar refractivity (Wildman–Crippen MR) is 98.6 cm³/mol. The number of nitrogens with zero attached hydrogens (tertiary/aromatic N) is 3. The zero-order chi connectivity index (χ0) is 18.1. The lowest BCUT2D eigenvalue weighted by Gasteiger charge is -2.36. The molecule has 0 aromatic carbocycles. The number of rotatable bonds is 4. The zero-order valence-corrected chi connectivity index (χ0v) is 16.1. The first kappa shape index (κ1) is 18.2. The molecule has 146 valence electrons. The van der Waals surface area contributed by atoms with Gasteiger partial charge in [0.05, 0.1) is 6.61 Å². The number of piperazine rings is 1. The number of likely N-dealkylation sites (N-methyl/N-ethyl adjacent to an activating group) is 1. The molecular weight excluding hydrogens is 330 g/mol. The Kier molecular flexibility index (Phi) is 5.24. The normalized spacial score (nSPS) is 33.0. The van der Waals surface area contributed by atoms with Gasteiger partial charge in [0, 0.05) is 63.6 Å². The fourth-order valence-corrected chi connectivity index (χ4v) is 5.02. The molecule has 0 bridgehead atoms. The van der Waals surface area contributed by atoms with Gasteiger partial charge in [0.1, 0.15) is 0 Å². The molecule has 2 atom stereocenters. The van der Waals surface area contributed by atoms with Crippen molar-refractivity contribution in [3.8, 4) is 0 Å². The zero-order valence-electron chi connectivity index (χ0n) is 16.1. The monoisotopic (exact) mass is 363 g/mol. The van der Waals surface area contributed by atoms with Gasteiger partial charge in [0.15, 0.2) is 0 Å². The Morgan fingerprint density at radius 3 is 2.38 bits per heavy atom. The average molecular weight is 364 g/mol. The SMILES string of the molecule is CCN1CCN(C(=O)CC2CCN(C(=O)C3CC34CCOC4)CC2)CC1. The number of amides is 2. The van der Waals surface area contributed by atoms with Crippen molar-refractivity contribution in [2.24, 2.45) is 17.3 Å². The lowest BCUT2D eigenvalue weighted by atomic mass is 9.92. The van der Waals surface area contributed by atoms with Gasteiger partial charge in [-0.2, -0.15) is 0 Å². The molecule has 3 heterocycles. The van der Waals surface area contributed by atoms with E-state index in [-0.39, 0.29) is 11.3 Å². The van der Waals surface area contributed by atoms with E-state index in [1.54, 1.807) is 0 Å². The highest BCUT2D eigenvalue weighted by atomic mass is 16.5. The first-order valence-corrected chi connectivity index (χ1v) is 10.5. The number of ether oxygens (including phenoxy) is 1. The fraction of sp³-hybridized carbons (Fsp3) is 0.900. The van der Waals surface area contributed by atoms with Crippen LogP contribution in [0.1, 0.15) is 39.0 Å². The number of carbonyl (C=O) groups is 2. The van der Waals surface area contributed by atoms with Crippen LogP contribution in [-0.4, -0.2) is 85.5 Å². The van der Waals surface area contributed by atoms with Crippen molar-refractivity contribution in [2.45, 2.75) is 39.0 Å². The molecule has 1 spiro atoms. The summed E-state index contributed by atoms with van der Waals surface area (Å²) in [6, 6.07) is 0. The Morgan fingerprint density at radius 2 is 1.77 bits per heavy atom. The van der Waals surface area contributed by atoms with Gasteiger partial charge >= 0.3 is 0 Å². The third kappa shape index (κ3) is 3.63. The molecule has 0 aromatic rings. The van der Waals surface area contributed by atoms with Gasteiger partial charge in [-0.25, -0.2) is 0 Å². The van der Waals surface area contributed by atoms with E-state index in [0.29, 0.717) is 24.2 Å². The topological polar surface area (TPSA) is 53.1 Å². The molecule has 0 radical (unpaired) electrons. The minimum absolute atomic E-state index is 0.185. The van der Waals surface area contributed by atoms with E-state index >= 15 is 0 Å². The highest BCUT2D eigenvalue weighted by molar-refractivity contribution is 5.83. The van der Waals surface area contributed by atoms with Crippen LogP contribution in [0.15, 0.2) is 0 Å². The van der Waals surface area contributed by atoms with Crippen LogP contribution in [0.4, 0.5) is 0 Å². The molecular formula is C20H33N3O3. The fourth-order valence-electron chi connectivity index (χ4n) is 5.02. The highest BCUT2D eigenvalue weighted by Gasteiger charge is 2.60. The molecule has 0 N–H and O–H groups in total. The van der Waals surface area contributed by atoms with Crippen molar-refractivity contribution >= 4 is 11.8 Å². The molecule has 4 aliphatic rings. The number of likely N-dealkylation sites (tertiary alicyclic amines) is 1. The molecule has 6 heteroatoms. The van der Waals surface area contributed by atoms with E-state index in [1.807, 2.05) is 4.90 Å². The van der Waals surface area contributed by atoms with Gasteiger partial charge in [-0.3, -0.25) is 9.59 Å². The van der Waals surface area contributed by atoms with Crippen molar-refractivity contribution in [3.63, 3.8) is 0 Å². The third-order valence-corrected chi connectivity index (χ3v) is 7.18. The van der Waals surface area contributed by atoms with Crippen molar-refractivity contribution in [2.75, 3.05) is 59.0 Å². The summed E-state index contributed by atoms with van der Waals surface area (Å²) in [4.78, 5) is 31.8. The lowest BCUT2D eigenvalue weighted by Crippen LogP contribution is -2.49. The van der Waals surface area contributed by atoms with Gasteiger partial charge in [0.2, 0.25) is 11.8 Å². The van der Waals surface area contributed by atoms with Crippen LogP contribution in [0.3, 0.4) is 0 Å². The van der Waals surface area contributed by atoms with Gasteiger partial charge < -0.3 is 19.4 Å². The molecule has 3 aliphatic heterocycles. The molecule has 2 amide bonds. The summed E-state index contributed by atoms with van der Waals surface area (Å²) in [6.07, 6.45) is 4.69. The number of hydrogen-bond acceptors (Lipinski definition) is 4. The van der Waals surface area contributed by atoms with Crippen LogP contribution in [0.5, 0.6) is 0 Å². The summed E-state index contributed by atoms with van der Waals surface area (Å²) in [5.41, 5.74) is 0.185. The molecule has 4 fully saturated rings. The molecule has 3 saturated heterocycles. The standard InChI is InChI=1S/C20H33N3O3/c1-2-21-8-10-22(11-9-21)18(24)13-16-3-6-23(7-4-16)19(25)17-14-20(17)5-12-26-15-20/h16-17H,2-15H2,1H3. The van der Waals surface area contributed by atoms with E-state index in [4.69, 9.17) is 4.74 Å². The summed E-state index contributed by atoms with van der Waals surface area (Å²) >= 11 is 0. The van der Waals surface area contributed by atoms with Gasteiger partial charge in [-0.15, -0.1) is 0 Å². The minimum Gasteiger partial charge on any atom is -0.381 e. The number of piperidine rings is 1. The second kappa shape index (κ2) is 7.47. The Morgan fingerprint density at radius 1 is 1.04 bits per heavy atom.